The van der Waals surface area contributed by atoms with E-state index in [1.54, 1.807) is 0 Å². The second-order valence-electron chi connectivity index (χ2n) is 16.7. The molecular formula is C59H94O6. The average molecular weight is 899 g/mol. The lowest BCUT2D eigenvalue weighted by molar-refractivity contribution is -0.166. The Hall–Kier alpha value is -4.19. The Bertz CT molecular complexity index is 1400. The number of ether oxygens (including phenoxy) is 3. The molecule has 0 N–H and O–H groups in total. The van der Waals surface area contributed by atoms with Crippen molar-refractivity contribution < 1.29 is 28.6 Å². The quantitative estimate of drug-likeness (QED) is 0.0262. The molecule has 0 aromatic rings. The van der Waals surface area contributed by atoms with Crippen LogP contribution in [0.4, 0.5) is 0 Å². The maximum Gasteiger partial charge on any atom is 0.306 e. The summed E-state index contributed by atoms with van der Waals surface area (Å²) in [7, 11) is 0. The van der Waals surface area contributed by atoms with Gasteiger partial charge in [-0.15, -0.1) is 0 Å². The largest absolute Gasteiger partial charge is 0.462 e. The summed E-state index contributed by atoms with van der Waals surface area (Å²) in [6.07, 6.45) is 72.1. The molecule has 1 atom stereocenters. The zero-order chi connectivity index (χ0) is 47.2. The van der Waals surface area contributed by atoms with Crippen molar-refractivity contribution in [3.63, 3.8) is 0 Å². The van der Waals surface area contributed by atoms with Gasteiger partial charge in [0.2, 0.25) is 0 Å². The lowest BCUT2D eigenvalue weighted by atomic mass is 10.1. The van der Waals surface area contributed by atoms with E-state index in [0.717, 1.165) is 83.5 Å². The van der Waals surface area contributed by atoms with Crippen molar-refractivity contribution in [3.8, 4) is 0 Å². The molecule has 0 saturated heterocycles. The average Bonchev–Trinajstić information content (AvgIpc) is 3.30. The Balaban J connectivity index is 4.54. The van der Waals surface area contributed by atoms with Crippen LogP contribution in [0.2, 0.25) is 0 Å². The fourth-order valence-electron chi connectivity index (χ4n) is 6.60. The van der Waals surface area contributed by atoms with Crippen LogP contribution in [-0.2, 0) is 28.6 Å². The molecule has 0 radical (unpaired) electrons. The van der Waals surface area contributed by atoms with Crippen LogP contribution < -0.4 is 0 Å². The summed E-state index contributed by atoms with van der Waals surface area (Å²) >= 11 is 0. The van der Waals surface area contributed by atoms with Crippen molar-refractivity contribution in [1.29, 1.82) is 0 Å². The molecule has 0 rings (SSSR count). The van der Waals surface area contributed by atoms with E-state index in [2.05, 4.69) is 130 Å². The van der Waals surface area contributed by atoms with Gasteiger partial charge in [-0.1, -0.05) is 206 Å². The van der Waals surface area contributed by atoms with Crippen LogP contribution in [0.15, 0.2) is 122 Å². The van der Waals surface area contributed by atoms with Crippen molar-refractivity contribution in [1.82, 2.24) is 0 Å². The highest BCUT2D eigenvalue weighted by Crippen LogP contribution is 2.13. The molecule has 0 heterocycles. The number of hydrogen-bond donors (Lipinski definition) is 0. The molecule has 366 valence electrons. The highest BCUT2D eigenvalue weighted by atomic mass is 16.6. The normalized spacial score (nSPS) is 13.1. The number of esters is 3. The third kappa shape index (κ3) is 50.7. The summed E-state index contributed by atoms with van der Waals surface area (Å²) in [6.45, 7) is 6.27. The Morgan fingerprint density at radius 3 is 1.09 bits per heavy atom. The first-order chi connectivity index (χ1) is 32.0. The van der Waals surface area contributed by atoms with Crippen LogP contribution in [0.5, 0.6) is 0 Å². The van der Waals surface area contributed by atoms with Gasteiger partial charge in [0, 0.05) is 19.3 Å². The van der Waals surface area contributed by atoms with Gasteiger partial charge < -0.3 is 14.2 Å². The van der Waals surface area contributed by atoms with Gasteiger partial charge in [0.15, 0.2) is 6.10 Å². The topological polar surface area (TPSA) is 78.9 Å². The number of carbonyl (C=O) groups is 3. The van der Waals surface area contributed by atoms with E-state index in [-0.39, 0.29) is 44.0 Å². The van der Waals surface area contributed by atoms with E-state index in [9.17, 15) is 14.4 Å². The van der Waals surface area contributed by atoms with Gasteiger partial charge in [-0.05, 0) is 109 Å². The van der Waals surface area contributed by atoms with E-state index in [0.29, 0.717) is 19.3 Å². The molecule has 6 nitrogen and oxygen atoms in total. The lowest BCUT2D eigenvalue weighted by Gasteiger charge is -2.18. The van der Waals surface area contributed by atoms with Gasteiger partial charge in [0.1, 0.15) is 13.2 Å². The molecule has 0 amide bonds. The van der Waals surface area contributed by atoms with Crippen LogP contribution in [0.25, 0.3) is 0 Å². The minimum Gasteiger partial charge on any atom is -0.462 e. The van der Waals surface area contributed by atoms with Gasteiger partial charge in [0.05, 0.1) is 0 Å². The Labute approximate surface area is 399 Å². The second kappa shape index (κ2) is 52.4. The van der Waals surface area contributed by atoms with E-state index in [4.69, 9.17) is 14.2 Å². The summed E-state index contributed by atoms with van der Waals surface area (Å²) in [6, 6.07) is 0. The van der Waals surface area contributed by atoms with Gasteiger partial charge in [-0.25, -0.2) is 0 Å². The SMILES string of the molecule is CC/C=C\C/C=C\C/C=C\C/C=C\C/C=C\C/C=C\CCC(=O)OCC(COC(=O)CCC/C=C\C/C=C\C/C=C\CC)OC(=O)CCCCCCCCC/C=C\CCCCCCCC. The molecular weight excluding hydrogens is 805 g/mol. The molecule has 0 aromatic carbocycles. The highest BCUT2D eigenvalue weighted by Gasteiger charge is 2.19. The van der Waals surface area contributed by atoms with Crippen LogP contribution in [0, 0.1) is 0 Å². The smallest absolute Gasteiger partial charge is 0.306 e. The first-order valence-electron chi connectivity index (χ1n) is 26.0. The maximum atomic E-state index is 12.8. The first-order valence-corrected chi connectivity index (χ1v) is 26.0. The van der Waals surface area contributed by atoms with Gasteiger partial charge in [0.25, 0.3) is 0 Å². The lowest BCUT2D eigenvalue weighted by Crippen LogP contribution is -2.30. The molecule has 0 saturated carbocycles. The van der Waals surface area contributed by atoms with E-state index in [1.165, 1.54) is 77.0 Å². The zero-order valence-corrected chi connectivity index (χ0v) is 41.7. The second-order valence-corrected chi connectivity index (χ2v) is 16.7. The molecule has 0 fully saturated rings. The van der Waals surface area contributed by atoms with Crippen molar-refractivity contribution in [2.24, 2.45) is 0 Å². The predicted molar refractivity (Wildman–Crippen MR) is 279 cm³/mol. The predicted octanol–water partition coefficient (Wildman–Crippen LogP) is 17.3. The van der Waals surface area contributed by atoms with Crippen molar-refractivity contribution in [2.45, 2.75) is 219 Å². The van der Waals surface area contributed by atoms with Crippen LogP contribution in [0.1, 0.15) is 213 Å². The van der Waals surface area contributed by atoms with Crippen molar-refractivity contribution in [3.05, 3.63) is 122 Å². The molecule has 0 spiro atoms. The number of allylic oxidation sites excluding steroid dienone is 20. The fourth-order valence-corrected chi connectivity index (χ4v) is 6.60. The number of carbonyl (C=O) groups excluding carboxylic acids is 3. The molecule has 0 aliphatic rings. The minimum absolute atomic E-state index is 0.133. The van der Waals surface area contributed by atoms with E-state index in [1.807, 2.05) is 12.2 Å². The molecule has 6 heteroatoms. The summed E-state index contributed by atoms with van der Waals surface area (Å²) in [5.74, 6) is -1.08. The van der Waals surface area contributed by atoms with Gasteiger partial charge in [-0.3, -0.25) is 14.4 Å². The summed E-state index contributed by atoms with van der Waals surface area (Å²) < 4.78 is 16.7. The van der Waals surface area contributed by atoms with E-state index >= 15 is 0 Å². The molecule has 0 aromatic heterocycles. The molecule has 1 unspecified atom stereocenters. The standard InChI is InChI=1S/C59H94O6/c1-4-7-10-13-16-19-22-24-26-28-29-31-32-34-37-40-43-46-49-52-58(61)64-55-56(54-63-57(60)51-48-45-42-39-36-21-18-15-12-9-6-3)65-59(62)53-50-47-44-41-38-35-33-30-27-25-23-20-17-14-11-8-5-2/h7,9-10,12,16,18-19,21,24-27,29,31,34,37,39,42-43,46,56H,4-6,8,11,13-15,17,20,22-23,28,30,32-33,35-36,38,40-41,44-45,47-55H2,1-3H3/b10-7-,12-9-,19-16-,21-18-,26-24-,27-25-,31-29-,37-34-,42-39-,46-43-. The first kappa shape index (κ1) is 60.8. The fraction of sp³-hybridized carbons (Fsp3) is 0.610. The molecule has 65 heavy (non-hydrogen) atoms. The maximum absolute atomic E-state index is 12.8. The van der Waals surface area contributed by atoms with Crippen molar-refractivity contribution >= 4 is 17.9 Å². The van der Waals surface area contributed by atoms with Crippen LogP contribution >= 0.6 is 0 Å². The van der Waals surface area contributed by atoms with Crippen molar-refractivity contribution in [2.75, 3.05) is 13.2 Å². The third-order valence-electron chi connectivity index (χ3n) is 10.4. The monoisotopic (exact) mass is 899 g/mol. The summed E-state index contributed by atoms with van der Waals surface area (Å²) in [5, 5.41) is 0. The van der Waals surface area contributed by atoms with Crippen LogP contribution in [-0.4, -0.2) is 37.2 Å². The minimum atomic E-state index is -0.833. The Morgan fingerprint density at radius 2 is 0.646 bits per heavy atom. The molecule has 0 aliphatic heterocycles. The zero-order valence-electron chi connectivity index (χ0n) is 41.7. The van der Waals surface area contributed by atoms with Gasteiger partial charge in [-0.2, -0.15) is 0 Å². The molecule has 0 aliphatic carbocycles. The Morgan fingerprint density at radius 1 is 0.323 bits per heavy atom. The number of unbranched alkanes of at least 4 members (excludes halogenated alkanes) is 14. The number of hydrogen-bond acceptors (Lipinski definition) is 6. The van der Waals surface area contributed by atoms with E-state index < -0.39 is 6.10 Å². The Kier molecular flexibility index (Phi) is 49.1. The molecule has 0 bridgehead atoms. The van der Waals surface area contributed by atoms with Crippen LogP contribution in [0.3, 0.4) is 0 Å². The summed E-state index contributed by atoms with van der Waals surface area (Å²) in [4.78, 5) is 37.9. The highest BCUT2D eigenvalue weighted by molar-refractivity contribution is 5.71. The third-order valence-corrected chi connectivity index (χ3v) is 10.4. The van der Waals surface area contributed by atoms with Gasteiger partial charge >= 0.3 is 17.9 Å². The summed E-state index contributed by atoms with van der Waals surface area (Å²) in [5.41, 5.74) is 0. The number of rotatable bonds is 45.